The smallest absolute Gasteiger partial charge is 0.242 e. The summed E-state index contributed by atoms with van der Waals surface area (Å²) in [5.41, 5.74) is 0.547. The first-order valence-corrected chi connectivity index (χ1v) is 9.08. The second-order valence-electron chi connectivity index (χ2n) is 4.99. The molecule has 0 aliphatic carbocycles. The predicted molar refractivity (Wildman–Crippen MR) is 84.8 cm³/mol. The molecule has 1 aromatic carbocycles. The van der Waals surface area contributed by atoms with Gasteiger partial charge < -0.3 is 14.4 Å². The van der Waals surface area contributed by atoms with Crippen molar-refractivity contribution in [1.82, 2.24) is 0 Å². The zero-order valence-corrected chi connectivity index (χ0v) is 14.0. The zero-order chi connectivity index (χ0) is 16.3. The van der Waals surface area contributed by atoms with E-state index in [2.05, 4.69) is 0 Å². The van der Waals surface area contributed by atoms with Gasteiger partial charge in [0.05, 0.1) is 31.8 Å². The molecule has 0 N–H and O–H groups in total. The number of anilines is 1. The van der Waals surface area contributed by atoms with E-state index in [1.165, 1.54) is 19.1 Å². The lowest BCUT2D eigenvalue weighted by atomic mass is 10.1. The highest BCUT2D eigenvalue weighted by atomic mass is 35.5. The Kier molecular flexibility index (Phi) is 5.18. The summed E-state index contributed by atoms with van der Waals surface area (Å²) in [4.78, 5) is 13.6. The molecule has 1 unspecified atom stereocenters. The number of hydrogen-bond donors (Lipinski definition) is 0. The summed E-state index contributed by atoms with van der Waals surface area (Å²) >= 11 is 5.68. The topological polar surface area (TPSA) is 72.9 Å². The summed E-state index contributed by atoms with van der Waals surface area (Å²) in [5, 5.41) is 0. The maximum Gasteiger partial charge on any atom is 0.242 e. The first-order chi connectivity index (χ1) is 10.4. The number of alkyl halides is 1. The van der Waals surface area contributed by atoms with Gasteiger partial charge in [-0.05, 0) is 18.6 Å². The van der Waals surface area contributed by atoms with E-state index in [0.29, 0.717) is 23.6 Å². The van der Waals surface area contributed by atoms with Crippen molar-refractivity contribution < 1.29 is 22.7 Å². The number of ether oxygens (including phenoxy) is 2. The van der Waals surface area contributed by atoms with Gasteiger partial charge in [0.2, 0.25) is 5.91 Å². The van der Waals surface area contributed by atoms with Crippen LogP contribution in [0.4, 0.5) is 5.69 Å². The van der Waals surface area contributed by atoms with Crippen LogP contribution in [0.15, 0.2) is 18.2 Å². The number of methoxy groups -OCH3 is 2. The van der Waals surface area contributed by atoms with Crippen molar-refractivity contribution in [2.45, 2.75) is 12.5 Å². The highest BCUT2D eigenvalue weighted by Gasteiger charge is 2.35. The Morgan fingerprint density at radius 2 is 2.00 bits per heavy atom. The van der Waals surface area contributed by atoms with Gasteiger partial charge in [-0.2, -0.15) is 0 Å². The van der Waals surface area contributed by atoms with E-state index in [9.17, 15) is 13.2 Å². The van der Waals surface area contributed by atoms with Crippen molar-refractivity contribution in [2.75, 3.05) is 36.5 Å². The third-order valence-electron chi connectivity index (χ3n) is 3.60. The number of nitrogens with zero attached hydrogens (tertiary/aromatic N) is 1. The van der Waals surface area contributed by atoms with Gasteiger partial charge in [-0.25, -0.2) is 8.42 Å². The molecule has 22 heavy (non-hydrogen) atoms. The molecule has 1 saturated heterocycles. The van der Waals surface area contributed by atoms with Crippen molar-refractivity contribution in [3.05, 3.63) is 18.2 Å². The van der Waals surface area contributed by atoms with Gasteiger partial charge in [-0.15, -0.1) is 11.6 Å². The summed E-state index contributed by atoms with van der Waals surface area (Å²) < 4.78 is 33.8. The quantitative estimate of drug-likeness (QED) is 0.754. The summed E-state index contributed by atoms with van der Waals surface area (Å²) in [6, 6.07) is 4.60. The highest BCUT2D eigenvalue weighted by molar-refractivity contribution is 7.91. The van der Waals surface area contributed by atoms with Gasteiger partial charge in [-0.3, -0.25) is 4.79 Å². The average molecular weight is 348 g/mol. The number of sulfone groups is 1. The molecule has 0 bridgehead atoms. The van der Waals surface area contributed by atoms with Crippen LogP contribution < -0.4 is 14.4 Å². The van der Waals surface area contributed by atoms with Crippen LogP contribution in [-0.2, 0) is 14.6 Å². The van der Waals surface area contributed by atoms with Crippen LogP contribution in [0.2, 0.25) is 0 Å². The van der Waals surface area contributed by atoms with Crippen molar-refractivity contribution in [3.63, 3.8) is 0 Å². The van der Waals surface area contributed by atoms with Gasteiger partial charge in [0.25, 0.3) is 0 Å². The Hall–Kier alpha value is -1.47. The van der Waals surface area contributed by atoms with Crippen LogP contribution in [0.3, 0.4) is 0 Å². The Balaban J connectivity index is 2.40. The minimum atomic E-state index is -3.11. The monoisotopic (exact) mass is 347 g/mol. The van der Waals surface area contributed by atoms with Crippen LogP contribution in [0.1, 0.15) is 6.42 Å². The minimum Gasteiger partial charge on any atom is -0.493 e. The third kappa shape index (κ3) is 3.47. The molecule has 2 rings (SSSR count). The van der Waals surface area contributed by atoms with E-state index in [4.69, 9.17) is 21.1 Å². The van der Waals surface area contributed by atoms with Crippen LogP contribution >= 0.6 is 11.6 Å². The Bertz CT molecular complexity index is 661. The van der Waals surface area contributed by atoms with E-state index in [0.717, 1.165) is 0 Å². The molecule has 1 aliphatic heterocycles. The van der Waals surface area contributed by atoms with Gasteiger partial charge in [-0.1, -0.05) is 0 Å². The van der Waals surface area contributed by atoms with Crippen molar-refractivity contribution in [2.24, 2.45) is 0 Å². The number of rotatable bonds is 5. The number of carbonyl (C=O) groups excluding carboxylic acids is 1. The second kappa shape index (κ2) is 6.75. The summed E-state index contributed by atoms with van der Waals surface area (Å²) in [6.45, 7) is 0. The molecule has 1 aromatic rings. The SMILES string of the molecule is COc1ccc(N(C(=O)CCl)C2CCS(=O)(=O)C2)cc1OC. The second-order valence-corrected chi connectivity index (χ2v) is 7.49. The van der Waals surface area contributed by atoms with E-state index in [1.807, 2.05) is 0 Å². The Morgan fingerprint density at radius 3 is 2.50 bits per heavy atom. The normalized spacial score (nSPS) is 19.7. The molecule has 0 radical (unpaired) electrons. The maximum atomic E-state index is 12.2. The Labute approximate surface area is 134 Å². The van der Waals surface area contributed by atoms with E-state index < -0.39 is 15.9 Å². The van der Waals surface area contributed by atoms with E-state index in [-0.39, 0.29) is 23.3 Å². The van der Waals surface area contributed by atoms with Gasteiger partial charge in [0.15, 0.2) is 21.3 Å². The fraction of sp³-hybridized carbons (Fsp3) is 0.500. The number of hydrogen-bond acceptors (Lipinski definition) is 5. The molecule has 8 heteroatoms. The number of benzene rings is 1. The van der Waals surface area contributed by atoms with Crippen molar-refractivity contribution in [1.29, 1.82) is 0 Å². The van der Waals surface area contributed by atoms with Crippen LogP contribution in [0.5, 0.6) is 11.5 Å². The summed E-state index contributed by atoms with van der Waals surface area (Å²) in [5.74, 6) is 0.471. The third-order valence-corrected chi connectivity index (χ3v) is 5.58. The van der Waals surface area contributed by atoms with Gasteiger partial charge in [0, 0.05) is 11.8 Å². The van der Waals surface area contributed by atoms with Crippen molar-refractivity contribution >= 4 is 33.0 Å². The molecule has 1 atom stereocenters. The number of halogens is 1. The lowest BCUT2D eigenvalue weighted by Crippen LogP contribution is -2.42. The fourth-order valence-electron chi connectivity index (χ4n) is 2.58. The summed E-state index contributed by atoms with van der Waals surface area (Å²) in [7, 11) is -0.0996. The molecule has 122 valence electrons. The number of amides is 1. The van der Waals surface area contributed by atoms with Crippen LogP contribution in [0.25, 0.3) is 0 Å². The maximum absolute atomic E-state index is 12.2. The molecule has 6 nitrogen and oxygen atoms in total. The molecule has 1 aliphatic rings. The molecular weight excluding hydrogens is 330 g/mol. The molecule has 1 fully saturated rings. The molecule has 0 spiro atoms. The van der Waals surface area contributed by atoms with Gasteiger partial charge >= 0.3 is 0 Å². The van der Waals surface area contributed by atoms with Gasteiger partial charge in [0.1, 0.15) is 5.88 Å². The largest absolute Gasteiger partial charge is 0.493 e. The molecule has 0 saturated carbocycles. The predicted octanol–water partition coefficient (Wildman–Crippen LogP) is 1.46. The standard InChI is InChI=1S/C14H18ClNO5S/c1-20-12-4-3-10(7-13(12)21-2)16(14(17)8-15)11-5-6-22(18,19)9-11/h3-4,7,11H,5-6,8-9H2,1-2H3. The fourth-order valence-corrected chi connectivity index (χ4v) is 4.41. The van der Waals surface area contributed by atoms with E-state index >= 15 is 0 Å². The molecule has 1 heterocycles. The first kappa shape index (κ1) is 16.9. The lowest BCUT2D eigenvalue weighted by Gasteiger charge is -2.28. The van der Waals surface area contributed by atoms with Crippen LogP contribution in [0, 0.1) is 0 Å². The summed E-state index contributed by atoms with van der Waals surface area (Å²) in [6.07, 6.45) is 0.402. The van der Waals surface area contributed by atoms with Crippen LogP contribution in [-0.4, -0.2) is 52.0 Å². The zero-order valence-electron chi connectivity index (χ0n) is 12.4. The van der Waals surface area contributed by atoms with E-state index in [1.54, 1.807) is 18.2 Å². The first-order valence-electron chi connectivity index (χ1n) is 6.72. The minimum absolute atomic E-state index is 0.0516. The number of carbonyl (C=O) groups is 1. The lowest BCUT2D eigenvalue weighted by molar-refractivity contribution is -0.116. The Morgan fingerprint density at radius 1 is 1.32 bits per heavy atom. The molecule has 1 amide bonds. The average Bonchev–Trinajstić information content (AvgIpc) is 2.86. The molecular formula is C14H18ClNO5S. The highest BCUT2D eigenvalue weighted by Crippen LogP contribution is 2.34. The molecule has 0 aromatic heterocycles. The van der Waals surface area contributed by atoms with Crippen molar-refractivity contribution in [3.8, 4) is 11.5 Å².